The van der Waals surface area contributed by atoms with Crippen molar-refractivity contribution in [3.63, 3.8) is 0 Å². The number of anilines is 1. The molecule has 0 spiro atoms. The minimum absolute atomic E-state index is 0.0225. The third kappa shape index (κ3) is 9.24. The maximum atomic E-state index is 12.4. The van der Waals surface area contributed by atoms with Gasteiger partial charge in [-0.25, -0.2) is 10.2 Å². The standard InChI is InChI=1S/C20H33N3O3.C3H6.CHN/c1-5-18-13-22(7-8-23(18)20(25)6-9-26-4)19-11-16(10-15(2)3)17(14-24)12-21-19;1-2-3-1;1-2/h11-12,15,18,24H,5-10,13-14H2,1-4H3;1-3H2;1H/t18-;;/m1../s1. The molecule has 0 radical (unpaired) electrons. The van der Waals surface area contributed by atoms with Crippen LogP contribution in [0, 0.1) is 17.8 Å². The minimum Gasteiger partial charge on any atom is -0.392 e. The van der Waals surface area contributed by atoms with Crippen LogP contribution in [0.25, 0.3) is 0 Å². The van der Waals surface area contributed by atoms with Crippen LogP contribution in [0.2, 0.25) is 0 Å². The number of aliphatic hydroxyl groups excluding tert-OH is 1. The molecule has 1 aromatic rings. The molecule has 2 heterocycles. The molecule has 7 heteroatoms. The fourth-order valence-electron chi connectivity index (χ4n) is 3.53. The molecule has 1 N–H and O–H groups in total. The summed E-state index contributed by atoms with van der Waals surface area (Å²) in [6.07, 6.45) is 8.58. The average molecular weight is 433 g/mol. The van der Waals surface area contributed by atoms with Crippen molar-refractivity contribution >= 4 is 11.7 Å². The highest BCUT2D eigenvalue weighted by molar-refractivity contribution is 5.77. The van der Waals surface area contributed by atoms with E-state index in [0.717, 1.165) is 37.3 Å². The molecule has 1 amide bonds. The summed E-state index contributed by atoms with van der Waals surface area (Å²) in [4.78, 5) is 21.2. The van der Waals surface area contributed by atoms with Crippen LogP contribution in [-0.2, 0) is 22.6 Å². The van der Waals surface area contributed by atoms with Gasteiger partial charge in [-0.1, -0.05) is 40.0 Å². The summed E-state index contributed by atoms with van der Waals surface area (Å²) in [5, 5.41) is 16.1. The van der Waals surface area contributed by atoms with E-state index in [1.165, 1.54) is 24.8 Å². The summed E-state index contributed by atoms with van der Waals surface area (Å²) in [6.45, 7) is 12.8. The van der Waals surface area contributed by atoms with Crippen molar-refractivity contribution in [2.24, 2.45) is 5.92 Å². The molecule has 1 atom stereocenters. The van der Waals surface area contributed by atoms with Gasteiger partial charge < -0.3 is 19.6 Å². The van der Waals surface area contributed by atoms with Crippen LogP contribution in [0.1, 0.15) is 64.0 Å². The summed E-state index contributed by atoms with van der Waals surface area (Å²) in [5.74, 6) is 1.64. The van der Waals surface area contributed by atoms with Crippen LogP contribution in [0.4, 0.5) is 5.82 Å². The van der Waals surface area contributed by atoms with Gasteiger partial charge in [-0.2, -0.15) is 0 Å². The van der Waals surface area contributed by atoms with Crippen molar-refractivity contribution in [2.75, 3.05) is 38.3 Å². The quantitative estimate of drug-likeness (QED) is 0.676. The number of aromatic nitrogens is 1. The molecule has 0 bridgehead atoms. The van der Waals surface area contributed by atoms with Crippen LogP contribution >= 0.6 is 0 Å². The number of piperazine rings is 1. The molecule has 1 aromatic heterocycles. The van der Waals surface area contributed by atoms with Gasteiger partial charge >= 0.3 is 0 Å². The molecule has 174 valence electrons. The monoisotopic (exact) mass is 432 g/mol. The van der Waals surface area contributed by atoms with E-state index in [-0.39, 0.29) is 18.6 Å². The van der Waals surface area contributed by atoms with Crippen LogP contribution in [0.15, 0.2) is 12.3 Å². The van der Waals surface area contributed by atoms with Gasteiger partial charge in [0.05, 0.1) is 19.6 Å². The highest BCUT2D eigenvalue weighted by Crippen LogP contribution is 2.23. The van der Waals surface area contributed by atoms with E-state index in [9.17, 15) is 9.90 Å². The Kier molecular flexibility index (Phi) is 12.8. The lowest BCUT2D eigenvalue weighted by Crippen LogP contribution is -2.55. The first-order valence-electron chi connectivity index (χ1n) is 11.4. The molecule has 1 saturated heterocycles. The van der Waals surface area contributed by atoms with E-state index in [1.807, 2.05) is 4.90 Å². The molecule has 31 heavy (non-hydrogen) atoms. The zero-order chi connectivity index (χ0) is 23.2. The molecular formula is C24H40N4O3. The normalized spacial score (nSPS) is 17.4. The maximum Gasteiger partial charge on any atom is 0.225 e. The SMILES string of the molecule is C#N.C1CC1.CC[C@@H]1CN(c2cc(CC(C)C)c(CO)cn2)CCN1C(=O)CCOC. The Hall–Kier alpha value is -2.17. The van der Waals surface area contributed by atoms with E-state index in [2.05, 4.69) is 43.3 Å². The molecule has 3 rings (SSSR count). The second kappa shape index (κ2) is 14.8. The van der Waals surface area contributed by atoms with Gasteiger partial charge in [-0.15, -0.1) is 0 Å². The van der Waals surface area contributed by atoms with E-state index in [0.29, 0.717) is 25.5 Å². The topological polar surface area (TPSA) is 89.7 Å². The second-order valence-corrected chi connectivity index (χ2v) is 8.47. The molecule has 1 aliphatic heterocycles. The predicted molar refractivity (Wildman–Crippen MR) is 124 cm³/mol. The molecule has 2 fully saturated rings. The Bertz CT molecular complexity index is 673. The van der Waals surface area contributed by atoms with E-state index in [4.69, 9.17) is 10.00 Å². The van der Waals surface area contributed by atoms with Gasteiger partial charge in [-0.05, 0) is 36.0 Å². The fourth-order valence-corrected chi connectivity index (χ4v) is 3.53. The summed E-state index contributed by atoms with van der Waals surface area (Å²) in [6, 6.07) is 2.31. The highest BCUT2D eigenvalue weighted by Gasteiger charge is 2.29. The Morgan fingerprint density at radius 1 is 1.29 bits per heavy atom. The number of pyridine rings is 1. The Labute approximate surface area is 188 Å². The Morgan fingerprint density at radius 2 is 1.97 bits per heavy atom. The number of carbonyl (C=O) groups is 1. The van der Waals surface area contributed by atoms with Crippen molar-refractivity contribution in [1.82, 2.24) is 9.88 Å². The van der Waals surface area contributed by atoms with Crippen molar-refractivity contribution in [3.05, 3.63) is 23.4 Å². The molecular weight excluding hydrogens is 392 g/mol. The zero-order valence-electron chi connectivity index (χ0n) is 19.7. The molecule has 1 aliphatic carbocycles. The van der Waals surface area contributed by atoms with Crippen molar-refractivity contribution in [2.45, 2.75) is 71.9 Å². The van der Waals surface area contributed by atoms with Gasteiger partial charge in [0.15, 0.2) is 0 Å². The number of rotatable bonds is 8. The number of carbonyl (C=O) groups excluding carboxylic acids is 1. The molecule has 0 unspecified atom stereocenters. The molecule has 1 saturated carbocycles. The second-order valence-electron chi connectivity index (χ2n) is 8.47. The molecule has 0 aromatic carbocycles. The van der Waals surface area contributed by atoms with Crippen LogP contribution < -0.4 is 4.90 Å². The lowest BCUT2D eigenvalue weighted by Gasteiger charge is -2.42. The Morgan fingerprint density at radius 3 is 2.48 bits per heavy atom. The van der Waals surface area contributed by atoms with Gasteiger partial charge in [0.1, 0.15) is 5.82 Å². The van der Waals surface area contributed by atoms with Crippen molar-refractivity contribution in [1.29, 1.82) is 5.26 Å². The number of ether oxygens (including phenoxy) is 1. The number of amides is 1. The minimum atomic E-state index is 0.0225. The number of hydrogen-bond donors (Lipinski definition) is 1. The number of nitriles is 1. The zero-order valence-corrected chi connectivity index (χ0v) is 19.7. The molecule has 2 aliphatic rings. The first-order valence-corrected chi connectivity index (χ1v) is 11.4. The number of hydrogen-bond acceptors (Lipinski definition) is 6. The summed E-state index contributed by atoms with van der Waals surface area (Å²) < 4.78 is 5.04. The number of methoxy groups -OCH3 is 1. The predicted octanol–water partition coefficient (Wildman–Crippen LogP) is 3.55. The first kappa shape index (κ1) is 26.9. The van der Waals surface area contributed by atoms with E-state index in [1.54, 1.807) is 13.3 Å². The summed E-state index contributed by atoms with van der Waals surface area (Å²) in [7, 11) is 1.62. The first-order chi connectivity index (χ1) is 15.0. The number of aliphatic hydroxyl groups is 1. The maximum absolute atomic E-state index is 12.4. The largest absolute Gasteiger partial charge is 0.392 e. The third-order valence-electron chi connectivity index (χ3n) is 5.34. The lowest BCUT2D eigenvalue weighted by molar-refractivity contribution is -0.135. The highest BCUT2D eigenvalue weighted by atomic mass is 16.5. The van der Waals surface area contributed by atoms with Crippen molar-refractivity contribution < 1.29 is 14.6 Å². The van der Waals surface area contributed by atoms with Gasteiger partial charge in [0.25, 0.3) is 0 Å². The third-order valence-corrected chi connectivity index (χ3v) is 5.34. The average Bonchev–Trinajstić information content (AvgIpc) is 3.67. The number of nitrogens with zero attached hydrogens (tertiary/aromatic N) is 4. The van der Waals surface area contributed by atoms with Gasteiger partial charge in [0, 0.05) is 45.6 Å². The smallest absolute Gasteiger partial charge is 0.225 e. The van der Waals surface area contributed by atoms with Crippen LogP contribution in [0.5, 0.6) is 0 Å². The Balaban J connectivity index is 0.000000859. The van der Waals surface area contributed by atoms with Crippen LogP contribution in [0.3, 0.4) is 0 Å². The summed E-state index contributed by atoms with van der Waals surface area (Å²) in [5.41, 5.74) is 2.07. The van der Waals surface area contributed by atoms with Crippen LogP contribution in [-0.4, -0.2) is 60.3 Å². The van der Waals surface area contributed by atoms with E-state index >= 15 is 0 Å². The van der Waals surface area contributed by atoms with Gasteiger partial charge in [-0.3, -0.25) is 4.79 Å². The van der Waals surface area contributed by atoms with E-state index < -0.39 is 0 Å². The lowest BCUT2D eigenvalue weighted by atomic mass is 9.99. The molecule has 7 nitrogen and oxygen atoms in total. The fraction of sp³-hybridized carbons (Fsp3) is 0.708. The van der Waals surface area contributed by atoms with Gasteiger partial charge in [0.2, 0.25) is 5.91 Å². The van der Waals surface area contributed by atoms with Crippen molar-refractivity contribution in [3.8, 4) is 6.57 Å². The summed E-state index contributed by atoms with van der Waals surface area (Å²) >= 11 is 0.